The summed E-state index contributed by atoms with van der Waals surface area (Å²) < 4.78 is 0. The van der Waals surface area contributed by atoms with Crippen LogP contribution in [0.2, 0.25) is 0 Å². The summed E-state index contributed by atoms with van der Waals surface area (Å²) in [7, 11) is 1.98. The topological polar surface area (TPSA) is 136 Å². The van der Waals surface area contributed by atoms with Crippen molar-refractivity contribution in [3.8, 4) is 0 Å². The molecule has 0 aliphatic carbocycles. The summed E-state index contributed by atoms with van der Waals surface area (Å²) in [6.07, 6.45) is 4.76. The van der Waals surface area contributed by atoms with Crippen molar-refractivity contribution in [3.63, 3.8) is 0 Å². The predicted molar refractivity (Wildman–Crippen MR) is 121 cm³/mol. The van der Waals surface area contributed by atoms with E-state index in [0.29, 0.717) is 19.6 Å². The van der Waals surface area contributed by atoms with Crippen molar-refractivity contribution in [1.82, 2.24) is 25.1 Å². The predicted octanol–water partition coefficient (Wildman–Crippen LogP) is 0.496. The number of H-pyrrole nitrogens is 1. The Morgan fingerprint density at radius 1 is 1.21 bits per heavy atom. The van der Waals surface area contributed by atoms with Crippen molar-refractivity contribution < 1.29 is 19.5 Å². The number of carboxylic acid groups (broad SMARTS) is 1. The van der Waals surface area contributed by atoms with Gasteiger partial charge in [0.2, 0.25) is 5.91 Å². The van der Waals surface area contributed by atoms with Gasteiger partial charge in [0, 0.05) is 38.4 Å². The number of aromatic nitrogens is 2. The molecule has 2 atom stereocenters. The van der Waals surface area contributed by atoms with Crippen LogP contribution in [-0.4, -0.2) is 75.9 Å². The van der Waals surface area contributed by atoms with Crippen LogP contribution in [0.3, 0.4) is 0 Å². The second-order valence-electron chi connectivity index (χ2n) is 8.35. The van der Waals surface area contributed by atoms with Gasteiger partial charge in [-0.2, -0.15) is 0 Å². The van der Waals surface area contributed by atoms with E-state index in [0.717, 1.165) is 32.0 Å². The smallest absolute Gasteiger partial charge is 0.290 e. The molecule has 1 aromatic carbocycles. The molecular weight excluding hydrogens is 426 g/mol. The third kappa shape index (κ3) is 6.48. The molecule has 176 valence electrons. The second kappa shape index (κ2) is 11.4. The molecule has 0 spiro atoms. The lowest BCUT2D eigenvalue weighted by atomic mass is 9.96. The summed E-state index contributed by atoms with van der Waals surface area (Å²) in [6, 6.07) is 8.24. The number of likely N-dealkylation sites (N-methyl/N-ethyl adjacent to an activating group) is 1. The molecule has 2 aliphatic heterocycles. The Morgan fingerprint density at radius 2 is 1.94 bits per heavy atom. The van der Waals surface area contributed by atoms with E-state index in [-0.39, 0.29) is 41.5 Å². The standard InChI is InChI=1S/C22H27N5O3.CH2O2/c1-26-12-17(22(30)27-9-8-15-4-2-3-5-16(15)13-27)6-7-18(14-26)25-21(29)19-10-24-20(28)11-23-19;2-1-3/h2-5,10-11,17-18H,6-9,12-14H2,1H3,(H,24,28)(H,25,29);1H,(H,2,3)/t17-,18+;/m1./s1. The third-order valence-corrected chi connectivity index (χ3v) is 5.96. The number of hydrogen-bond acceptors (Lipinski definition) is 6. The fraction of sp³-hybridized carbons (Fsp3) is 0.435. The van der Waals surface area contributed by atoms with E-state index in [4.69, 9.17) is 9.90 Å². The van der Waals surface area contributed by atoms with E-state index < -0.39 is 0 Å². The summed E-state index contributed by atoms with van der Waals surface area (Å²) in [5.74, 6) is -0.193. The molecular formula is C23H29N5O5. The maximum absolute atomic E-state index is 13.2. The highest BCUT2D eigenvalue weighted by Crippen LogP contribution is 2.24. The first kappa shape index (κ1) is 24.1. The van der Waals surface area contributed by atoms with Gasteiger partial charge in [-0.3, -0.25) is 19.2 Å². The Hall–Kier alpha value is -3.53. The zero-order valence-corrected chi connectivity index (χ0v) is 18.6. The van der Waals surface area contributed by atoms with Gasteiger partial charge < -0.3 is 25.2 Å². The van der Waals surface area contributed by atoms with Gasteiger partial charge in [-0.1, -0.05) is 24.3 Å². The first-order chi connectivity index (χ1) is 15.9. The highest BCUT2D eigenvalue weighted by Gasteiger charge is 2.31. The number of benzene rings is 1. The molecule has 0 bridgehead atoms. The fourth-order valence-electron chi connectivity index (χ4n) is 4.40. The van der Waals surface area contributed by atoms with Gasteiger partial charge >= 0.3 is 0 Å². The Bertz CT molecular complexity index is 1020. The molecule has 33 heavy (non-hydrogen) atoms. The van der Waals surface area contributed by atoms with Crippen LogP contribution in [0.15, 0.2) is 41.5 Å². The van der Waals surface area contributed by atoms with Crippen LogP contribution in [-0.2, 0) is 22.6 Å². The van der Waals surface area contributed by atoms with E-state index in [9.17, 15) is 14.4 Å². The van der Waals surface area contributed by atoms with Gasteiger partial charge in [0.1, 0.15) is 5.69 Å². The number of carbonyl (C=O) groups excluding carboxylic acids is 2. The molecule has 4 rings (SSSR count). The minimum Gasteiger partial charge on any atom is -0.483 e. The molecule has 0 unspecified atom stereocenters. The van der Waals surface area contributed by atoms with Crippen LogP contribution < -0.4 is 10.9 Å². The number of nitrogens with one attached hydrogen (secondary N) is 2. The molecule has 1 fully saturated rings. The maximum atomic E-state index is 13.2. The lowest BCUT2D eigenvalue weighted by molar-refractivity contribution is -0.137. The van der Waals surface area contributed by atoms with Crippen molar-refractivity contribution in [3.05, 3.63) is 63.8 Å². The van der Waals surface area contributed by atoms with E-state index in [1.807, 2.05) is 24.1 Å². The number of fused-ring (bicyclic) bond motifs is 1. The average molecular weight is 456 g/mol. The van der Waals surface area contributed by atoms with Crippen LogP contribution in [0.5, 0.6) is 0 Å². The Balaban J connectivity index is 0.000000968. The monoisotopic (exact) mass is 455 g/mol. The van der Waals surface area contributed by atoms with Gasteiger partial charge in [0.15, 0.2) is 0 Å². The lowest BCUT2D eigenvalue weighted by Crippen LogP contribution is -2.43. The van der Waals surface area contributed by atoms with Crippen molar-refractivity contribution in [2.75, 3.05) is 26.7 Å². The number of likely N-dealkylation sites (tertiary alicyclic amines) is 1. The number of nitrogens with zero attached hydrogens (tertiary/aromatic N) is 3. The van der Waals surface area contributed by atoms with Crippen LogP contribution in [0.25, 0.3) is 0 Å². The zero-order chi connectivity index (χ0) is 23.8. The number of carbonyl (C=O) groups is 3. The second-order valence-corrected chi connectivity index (χ2v) is 8.35. The van der Waals surface area contributed by atoms with Crippen LogP contribution >= 0.6 is 0 Å². The minimum absolute atomic E-state index is 0.0730. The van der Waals surface area contributed by atoms with Crippen molar-refractivity contribution in [1.29, 1.82) is 0 Å². The Labute approximate surface area is 191 Å². The third-order valence-electron chi connectivity index (χ3n) is 5.96. The molecule has 10 nitrogen and oxygen atoms in total. The summed E-state index contributed by atoms with van der Waals surface area (Å²) in [5, 5.41) is 9.88. The molecule has 2 aromatic rings. The molecule has 1 aromatic heterocycles. The molecule has 0 saturated carbocycles. The van der Waals surface area contributed by atoms with Crippen molar-refractivity contribution in [2.45, 2.75) is 31.8 Å². The first-order valence-electron chi connectivity index (χ1n) is 10.9. The van der Waals surface area contributed by atoms with Crippen LogP contribution in [0.4, 0.5) is 0 Å². The fourth-order valence-corrected chi connectivity index (χ4v) is 4.40. The average Bonchev–Trinajstić information content (AvgIpc) is 3.00. The molecule has 1 saturated heterocycles. The number of hydrogen-bond donors (Lipinski definition) is 3. The van der Waals surface area contributed by atoms with E-state index in [1.165, 1.54) is 17.3 Å². The van der Waals surface area contributed by atoms with Crippen LogP contribution in [0, 0.1) is 5.92 Å². The van der Waals surface area contributed by atoms with Gasteiger partial charge in [-0.15, -0.1) is 0 Å². The molecule has 3 heterocycles. The summed E-state index contributed by atoms with van der Waals surface area (Å²) in [6.45, 7) is 2.53. The quantitative estimate of drug-likeness (QED) is 0.573. The summed E-state index contributed by atoms with van der Waals surface area (Å²) in [5.41, 5.74) is 2.40. The molecule has 0 radical (unpaired) electrons. The SMILES string of the molecule is CN1C[C@@H](NC(=O)c2c[nH]c(=O)cn2)CC[C@@H](C(=O)N2CCc3ccccc3C2)C1.O=CO. The van der Waals surface area contributed by atoms with E-state index in [1.54, 1.807) is 0 Å². The van der Waals surface area contributed by atoms with Gasteiger partial charge in [0.05, 0.1) is 12.1 Å². The largest absolute Gasteiger partial charge is 0.483 e. The number of aromatic amines is 1. The van der Waals surface area contributed by atoms with Gasteiger partial charge in [-0.05, 0) is 37.4 Å². The number of amides is 2. The van der Waals surface area contributed by atoms with Crippen molar-refractivity contribution >= 4 is 18.3 Å². The minimum atomic E-state index is -0.345. The van der Waals surface area contributed by atoms with Crippen molar-refractivity contribution in [2.24, 2.45) is 5.92 Å². The first-order valence-corrected chi connectivity index (χ1v) is 10.9. The van der Waals surface area contributed by atoms with Gasteiger partial charge in [-0.25, -0.2) is 4.98 Å². The van der Waals surface area contributed by atoms with Gasteiger partial charge in [0.25, 0.3) is 17.9 Å². The highest BCUT2D eigenvalue weighted by atomic mass is 16.3. The molecule has 10 heteroatoms. The summed E-state index contributed by atoms with van der Waals surface area (Å²) in [4.78, 5) is 55.6. The Kier molecular flexibility index (Phi) is 8.31. The zero-order valence-electron chi connectivity index (χ0n) is 18.6. The lowest BCUT2D eigenvalue weighted by Gasteiger charge is -2.32. The maximum Gasteiger partial charge on any atom is 0.290 e. The summed E-state index contributed by atoms with van der Waals surface area (Å²) >= 11 is 0. The van der Waals surface area contributed by atoms with Crippen LogP contribution in [0.1, 0.15) is 34.5 Å². The number of rotatable bonds is 3. The highest BCUT2D eigenvalue weighted by molar-refractivity contribution is 5.92. The Morgan fingerprint density at radius 3 is 2.64 bits per heavy atom. The van der Waals surface area contributed by atoms with E-state index >= 15 is 0 Å². The molecule has 2 aliphatic rings. The molecule has 2 amide bonds. The normalized spacial score (nSPS) is 20.5. The van der Waals surface area contributed by atoms with E-state index in [2.05, 4.69) is 32.3 Å². The molecule has 3 N–H and O–H groups in total.